The first-order valence-corrected chi connectivity index (χ1v) is 4.91. The van der Waals surface area contributed by atoms with Crippen LogP contribution in [0.4, 0.5) is 0 Å². The van der Waals surface area contributed by atoms with E-state index in [1.165, 1.54) is 11.5 Å². The lowest BCUT2D eigenvalue weighted by atomic mass is 10.4. The molecular formula is C10H19N2O+. The van der Waals surface area contributed by atoms with E-state index < -0.39 is 0 Å². The van der Waals surface area contributed by atoms with Gasteiger partial charge < -0.3 is 4.74 Å². The molecule has 1 aliphatic heterocycles. The van der Waals surface area contributed by atoms with Crippen LogP contribution in [0.15, 0.2) is 6.20 Å². The van der Waals surface area contributed by atoms with E-state index in [0.717, 1.165) is 19.8 Å². The molecule has 3 heteroatoms. The number of hydrogen-bond acceptors (Lipinski definition) is 1. The zero-order chi connectivity index (χ0) is 9.84. The highest BCUT2D eigenvalue weighted by Gasteiger charge is 2.21. The second kappa shape index (κ2) is 4.42. The van der Waals surface area contributed by atoms with Gasteiger partial charge in [0.2, 0.25) is 0 Å². The molecule has 0 spiro atoms. The van der Waals surface area contributed by atoms with E-state index in [0.29, 0.717) is 0 Å². The van der Waals surface area contributed by atoms with Crippen LogP contribution in [0.2, 0.25) is 0 Å². The Labute approximate surface area is 79.9 Å². The summed E-state index contributed by atoms with van der Waals surface area (Å²) >= 11 is 0. The van der Waals surface area contributed by atoms with Crippen molar-refractivity contribution < 1.29 is 9.30 Å². The molecule has 0 unspecified atom stereocenters. The predicted molar refractivity (Wildman–Crippen MR) is 51.3 cm³/mol. The molecule has 1 aliphatic rings. The molecule has 0 aromatic carbocycles. The normalized spacial score (nSPS) is 14.5. The van der Waals surface area contributed by atoms with Crippen LogP contribution in [0.1, 0.15) is 25.4 Å². The van der Waals surface area contributed by atoms with Gasteiger partial charge in [-0.2, -0.15) is 0 Å². The third-order valence-corrected chi connectivity index (χ3v) is 2.22. The first-order valence-electron chi connectivity index (χ1n) is 4.91. The van der Waals surface area contributed by atoms with Crippen molar-refractivity contribution in [2.45, 2.75) is 33.9 Å². The topological polar surface area (TPSA) is 18.0 Å². The van der Waals surface area contributed by atoms with Crippen molar-refractivity contribution in [1.82, 2.24) is 4.57 Å². The fourth-order valence-electron chi connectivity index (χ4n) is 1.62. The Kier molecular flexibility index (Phi) is 3.48. The fraction of sp³-hybridized carbons (Fsp3) is 0.700. The Hall–Kier alpha value is -0.830. The van der Waals surface area contributed by atoms with Gasteiger partial charge in [0.15, 0.2) is 0 Å². The van der Waals surface area contributed by atoms with Crippen LogP contribution in [-0.4, -0.2) is 11.2 Å². The fourth-order valence-corrected chi connectivity index (χ4v) is 1.62. The van der Waals surface area contributed by atoms with E-state index in [2.05, 4.69) is 29.3 Å². The number of imidazole rings is 1. The van der Waals surface area contributed by atoms with Crippen LogP contribution < -0.4 is 4.57 Å². The van der Waals surface area contributed by atoms with Gasteiger partial charge in [-0.3, -0.25) is 0 Å². The van der Waals surface area contributed by atoms with Gasteiger partial charge in [0.05, 0.1) is 13.7 Å². The van der Waals surface area contributed by atoms with Crippen LogP contribution in [0, 0.1) is 6.92 Å². The highest BCUT2D eigenvalue weighted by molar-refractivity contribution is 4.96. The van der Waals surface area contributed by atoms with Gasteiger partial charge in [-0.25, -0.2) is 9.13 Å². The Morgan fingerprint density at radius 2 is 2.15 bits per heavy atom. The molecule has 0 atom stereocenters. The molecule has 0 radical (unpaired) electrons. The minimum Gasteiger partial charge on any atom is -0.365 e. The molecule has 1 aromatic heterocycles. The summed E-state index contributed by atoms with van der Waals surface area (Å²) in [6.07, 6.45) is 2.14. The smallest absolute Gasteiger partial charge is 0.282 e. The van der Waals surface area contributed by atoms with E-state index in [-0.39, 0.29) is 0 Å². The van der Waals surface area contributed by atoms with Gasteiger partial charge in [0.25, 0.3) is 5.82 Å². The molecule has 1 aromatic rings. The molecule has 74 valence electrons. The van der Waals surface area contributed by atoms with Gasteiger partial charge in [-0.1, -0.05) is 13.8 Å². The molecule has 0 amide bonds. The van der Waals surface area contributed by atoms with E-state index in [9.17, 15) is 0 Å². The van der Waals surface area contributed by atoms with Gasteiger partial charge in [-0.15, -0.1) is 0 Å². The maximum absolute atomic E-state index is 5.35. The second-order valence-corrected chi connectivity index (χ2v) is 3.00. The quantitative estimate of drug-likeness (QED) is 0.552. The third-order valence-electron chi connectivity index (χ3n) is 2.22. The summed E-state index contributed by atoms with van der Waals surface area (Å²) in [5.41, 5.74) is 1.32. The van der Waals surface area contributed by atoms with Crippen molar-refractivity contribution >= 4 is 0 Å². The summed E-state index contributed by atoms with van der Waals surface area (Å²) in [4.78, 5) is 0. The van der Waals surface area contributed by atoms with Crippen molar-refractivity contribution in [3.63, 3.8) is 0 Å². The molecular weight excluding hydrogens is 164 g/mol. The van der Waals surface area contributed by atoms with Crippen LogP contribution in [0.3, 0.4) is 0 Å². The zero-order valence-corrected chi connectivity index (χ0v) is 9.00. The Bertz CT molecular complexity index is 252. The van der Waals surface area contributed by atoms with Crippen molar-refractivity contribution in [3.8, 4) is 0 Å². The van der Waals surface area contributed by atoms with Crippen molar-refractivity contribution in [1.29, 1.82) is 0 Å². The zero-order valence-electron chi connectivity index (χ0n) is 9.00. The first-order chi connectivity index (χ1) is 6.29. The molecule has 0 N–H and O–H groups in total. The van der Waals surface area contributed by atoms with Crippen molar-refractivity contribution in [3.05, 3.63) is 17.7 Å². The van der Waals surface area contributed by atoms with Gasteiger partial charge in [0, 0.05) is 6.92 Å². The maximum atomic E-state index is 5.35. The molecule has 0 aliphatic carbocycles. The molecule has 13 heavy (non-hydrogen) atoms. The number of aromatic nitrogens is 2. The van der Waals surface area contributed by atoms with Gasteiger partial charge >= 0.3 is 0 Å². The number of rotatable bonds is 0. The van der Waals surface area contributed by atoms with Crippen molar-refractivity contribution in [2.24, 2.45) is 7.05 Å². The largest absolute Gasteiger partial charge is 0.365 e. The summed E-state index contributed by atoms with van der Waals surface area (Å²) in [6, 6.07) is 0. The summed E-state index contributed by atoms with van der Waals surface area (Å²) in [7, 11) is 2.06. The highest BCUT2D eigenvalue weighted by Crippen LogP contribution is 2.07. The summed E-state index contributed by atoms with van der Waals surface area (Å²) < 4.78 is 9.79. The molecule has 0 fully saturated rings. The monoisotopic (exact) mass is 183 g/mol. The van der Waals surface area contributed by atoms with E-state index >= 15 is 0 Å². The minimum atomic E-state index is 0.754. The van der Waals surface area contributed by atoms with Gasteiger partial charge in [-0.05, 0) is 0 Å². The second-order valence-electron chi connectivity index (χ2n) is 3.00. The van der Waals surface area contributed by atoms with Crippen LogP contribution in [0.25, 0.3) is 0 Å². The number of fused-ring (bicyclic) bond motifs is 1. The highest BCUT2D eigenvalue weighted by atomic mass is 16.5. The van der Waals surface area contributed by atoms with Crippen molar-refractivity contribution in [2.75, 3.05) is 6.61 Å². The summed E-state index contributed by atoms with van der Waals surface area (Å²) in [6.45, 7) is 8.74. The SMILES string of the molecule is CC.Cc1c[n+](C)c2n1CCOC2. The molecule has 2 heterocycles. The average Bonchev–Trinajstić information content (AvgIpc) is 2.47. The Balaban J connectivity index is 0.000000396. The average molecular weight is 183 g/mol. The maximum Gasteiger partial charge on any atom is 0.282 e. The molecule has 3 nitrogen and oxygen atoms in total. The van der Waals surface area contributed by atoms with E-state index in [1.807, 2.05) is 13.8 Å². The number of hydrogen-bond donors (Lipinski definition) is 0. The predicted octanol–water partition coefficient (Wildman–Crippen LogP) is 1.18. The lowest BCUT2D eigenvalue weighted by Crippen LogP contribution is -2.35. The first kappa shape index (κ1) is 10.3. The standard InChI is InChI=1S/C8H13N2O.C2H6/c1-7-5-9(2)8-6-11-4-3-10(7)8;1-2/h5H,3-4,6H2,1-2H3;1-2H3/q+1;. The number of nitrogens with zero attached hydrogens (tertiary/aromatic N) is 2. The van der Waals surface area contributed by atoms with E-state index in [1.54, 1.807) is 0 Å². The van der Waals surface area contributed by atoms with E-state index in [4.69, 9.17) is 4.74 Å². The number of ether oxygens (including phenoxy) is 1. The summed E-state index contributed by atoms with van der Waals surface area (Å²) in [5, 5.41) is 0. The third kappa shape index (κ3) is 1.91. The van der Waals surface area contributed by atoms with Crippen LogP contribution >= 0.6 is 0 Å². The lowest BCUT2D eigenvalue weighted by molar-refractivity contribution is -0.681. The lowest BCUT2D eigenvalue weighted by Gasteiger charge is -2.09. The van der Waals surface area contributed by atoms with Gasteiger partial charge in [0.1, 0.15) is 25.0 Å². The molecule has 2 rings (SSSR count). The Morgan fingerprint density at radius 1 is 1.46 bits per heavy atom. The van der Waals surface area contributed by atoms with Crippen LogP contribution in [0.5, 0.6) is 0 Å². The van der Waals surface area contributed by atoms with Crippen LogP contribution in [-0.2, 0) is 24.9 Å². The molecule has 0 bridgehead atoms. The molecule has 0 saturated carbocycles. The molecule has 0 saturated heterocycles. The summed E-state index contributed by atoms with van der Waals surface area (Å²) in [5.74, 6) is 1.27. The Morgan fingerprint density at radius 3 is 2.77 bits per heavy atom. The minimum absolute atomic E-state index is 0.754. The number of aryl methyl sites for hydroxylation is 2.